The van der Waals surface area contributed by atoms with Gasteiger partial charge in [-0.3, -0.25) is 0 Å². The molecule has 1 heterocycles. The minimum absolute atomic E-state index is 0.545. The monoisotopic (exact) mass is 257 g/mol. The van der Waals surface area contributed by atoms with Crippen LogP contribution in [0.4, 0.5) is 5.69 Å². The van der Waals surface area contributed by atoms with Crippen molar-refractivity contribution in [2.24, 2.45) is 0 Å². The normalized spacial score (nSPS) is 11.0. The molecule has 0 spiro atoms. The molecule has 3 heteroatoms. The number of hydrogen-bond acceptors (Lipinski definition) is 2. The number of rotatable bonds is 1. The highest BCUT2D eigenvalue weighted by Crippen LogP contribution is 2.31. The topological polar surface area (TPSA) is 39.2 Å². The number of nitrogen functional groups attached to an aromatic ring is 1. The molecule has 0 bridgehead atoms. The Kier molecular flexibility index (Phi) is 2.53. The van der Waals surface area contributed by atoms with Gasteiger partial charge in [0.2, 0.25) is 0 Å². The number of furan rings is 1. The third-order valence-electron chi connectivity index (χ3n) is 2.96. The third-order valence-corrected chi connectivity index (χ3v) is 3.28. The molecule has 0 radical (unpaired) electrons. The van der Waals surface area contributed by atoms with Gasteiger partial charge in [-0.1, -0.05) is 23.2 Å². The standard InChI is InChI=1S/C15H12ClNO/c1-9-2-5-14-11(6-9)8-15(18-14)10-3-4-13(17)12(16)7-10/h2-8H,17H2,1H3. The molecule has 2 nitrogen and oxygen atoms in total. The Hall–Kier alpha value is -1.93. The molecule has 0 atom stereocenters. The van der Waals surface area contributed by atoms with E-state index in [2.05, 4.69) is 13.0 Å². The van der Waals surface area contributed by atoms with Crippen molar-refractivity contribution < 1.29 is 4.42 Å². The smallest absolute Gasteiger partial charge is 0.135 e. The summed E-state index contributed by atoms with van der Waals surface area (Å²) in [6, 6.07) is 13.6. The van der Waals surface area contributed by atoms with Crippen LogP contribution in [-0.4, -0.2) is 0 Å². The lowest BCUT2D eigenvalue weighted by Crippen LogP contribution is -1.85. The van der Waals surface area contributed by atoms with Gasteiger partial charge in [-0.05, 0) is 43.3 Å². The van der Waals surface area contributed by atoms with Crippen molar-refractivity contribution in [2.75, 3.05) is 5.73 Å². The summed E-state index contributed by atoms with van der Waals surface area (Å²) in [5.41, 5.74) is 9.30. The van der Waals surface area contributed by atoms with E-state index in [1.54, 1.807) is 6.07 Å². The molecule has 0 unspecified atom stereocenters. The molecular weight excluding hydrogens is 246 g/mol. The summed E-state index contributed by atoms with van der Waals surface area (Å²) >= 11 is 6.02. The van der Waals surface area contributed by atoms with E-state index in [-0.39, 0.29) is 0 Å². The van der Waals surface area contributed by atoms with Gasteiger partial charge in [0, 0.05) is 10.9 Å². The molecule has 0 aliphatic carbocycles. The highest BCUT2D eigenvalue weighted by Gasteiger charge is 2.07. The number of aryl methyl sites for hydroxylation is 1. The minimum Gasteiger partial charge on any atom is -0.456 e. The summed E-state index contributed by atoms with van der Waals surface area (Å²) in [5.74, 6) is 0.803. The first-order valence-corrected chi connectivity index (χ1v) is 6.07. The Labute approximate surface area is 110 Å². The van der Waals surface area contributed by atoms with Gasteiger partial charge in [0.1, 0.15) is 11.3 Å². The van der Waals surface area contributed by atoms with Crippen molar-refractivity contribution in [2.45, 2.75) is 6.92 Å². The van der Waals surface area contributed by atoms with Gasteiger partial charge < -0.3 is 10.2 Å². The average Bonchev–Trinajstić information content (AvgIpc) is 2.75. The van der Waals surface area contributed by atoms with Gasteiger partial charge in [0.05, 0.1) is 10.7 Å². The predicted octanol–water partition coefficient (Wildman–Crippen LogP) is 4.64. The molecule has 0 amide bonds. The van der Waals surface area contributed by atoms with Crippen molar-refractivity contribution in [1.29, 1.82) is 0 Å². The first-order chi connectivity index (χ1) is 8.63. The second kappa shape index (κ2) is 4.07. The van der Waals surface area contributed by atoms with E-state index in [0.29, 0.717) is 10.7 Å². The van der Waals surface area contributed by atoms with Gasteiger partial charge in [-0.2, -0.15) is 0 Å². The highest BCUT2D eigenvalue weighted by molar-refractivity contribution is 6.33. The second-order valence-electron chi connectivity index (χ2n) is 4.39. The van der Waals surface area contributed by atoms with Crippen molar-refractivity contribution >= 4 is 28.3 Å². The maximum Gasteiger partial charge on any atom is 0.135 e. The SMILES string of the molecule is Cc1ccc2oc(-c3ccc(N)c(Cl)c3)cc2c1. The maximum absolute atomic E-state index is 6.02. The van der Waals surface area contributed by atoms with Crippen LogP contribution in [-0.2, 0) is 0 Å². The summed E-state index contributed by atoms with van der Waals surface area (Å²) in [7, 11) is 0. The van der Waals surface area contributed by atoms with E-state index < -0.39 is 0 Å². The van der Waals surface area contributed by atoms with E-state index >= 15 is 0 Å². The van der Waals surface area contributed by atoms with Crippen LogP contribution >= 0.6 is 11.6 Å². The van der Waals surface area contributed by atoms with Crippen molar-refractivity contribution in [1.82, 2.24) is 0 Å². The third kappa shape index (κ3) is 1.85. The lowest BCUT2D eigenvalue weighted by atomic mass is 10.1. The first kappa shape index (κ1) is 11.2. The Balaban J connectivity index is 2.16. The van der Waals surface area contributed by atoms with Crippen LogP contribution < -0.4 is 5.73 Å². The van der Waals surface area contributed by atoms with Crippen LogP contribution in [0.5, 0.6) is 0 Å². The molecule has 2 aromatic carbocycles. The lowest BCUT2D eigenvalue weighted by Gasteiger charge is -2.00. The van der Waals surface area contributed by atoms with Crippen LogP contribution in [0.2, 0.25) is 5.02 Å². The predicted molar refractivity (Wildman–Crippen MR) is 75.8 cm³/mol. The largest absolute Gasteiger partial charge is 0.456 e. The molecule has 3 rings (SSSR count). The molecule has 2 N–H and O–H groups in total. The Bertz CT molecular complexity index is 730. The molecule has 3 aromatic rings. The molecular formula is C15H12ClNO. The summed E-state index contributed by atoms with van der Waals surface area (Å²) in [6.07, 6.45) is 0. The van der Waals surface area contributed by atoms with Gasteiger partial charge in [-0.25, -0.2) is 0 Å². The minimum atomic E-state index is 0.545. The molecule has 0 aliphatic heterocycles. The molecule has 0 saturated carbocycles. The van der Waals surface area contributed by atoms with Crippen LogP contribution in [0.3, 0.4) is 0 Å². The first-order valence-electron chi connectivity index (χ1n) is 5.69. The van der Waals surface area contributed by atoms with Gasteiger partial charge in [-0.15, -0.1) is 0 Å². The molecule has 0 aliphatic rings. The van der Waals surface area contributed by atoms with Gasteiger partial charge in [0.15, 0.2) is 0 Å². The van der Waals surface area contributed by atoms with Crippen molar-refractivity contribution in [3.05, 3.63) is 53.1 Å². The summed E-state index contributed by atoms with van der Waals surface area (Å²) in [6.45, 7) is 2.06. The van der Waals surface area contributed by atoms with Crippen molar-refractivity contribution in [3.63, 3.8) is 0 Å². The molecule has 0 saturated heterocycles. The number of fused-ring (bicyclic) bond motifs is 1. The number of anilines is 1. The second-order valence-corrected chi connectivity index (χ2v) is 4.80. The maximum atomic E-state index is 6.02. The Morgan fingerprint density at radius 3 is 2.67 bits per heavy atom. The lowest BCUT2D eigenvalue weighted by molar-refractivity contribution is 0.631. The average molecular weight is 258 g/mol. The van der Waals surface area contributed by atoms with Crippen LogP contribution in [0.15, 0.2) is 46.9 Å². The summed E-state index contributed by atoms with van der Waals surface area (Å²) in [5, 5.41) is 1.64. The number of benzene rings is 2. The summed E-state index contributed by atoms with van der Waals surface area (Å²) < 4.78 is 5.80. The van der Waals surface area contributed by atoms with E-state index in [1.165, 1.54) is 5.56 Å². The van der Waals surface area contributed by atoms with Crippen LogP contribution in [0.1, 0.15) is 5.56 Å². The van der Waals surface area contributed by atoms with Crippen LogP contribution in [0.25, 0.3) is 22.3 Å². The highest BCUT2D eigenvalue weighted by atomic mass is 35.5. The molecule has 1 aromatic heterocycles. The number of hydrogen-bond donors (Lipinski definition) is 1. The zero-order valence-electron chi connectivity index (χ0n) is 9.91. The van der Waals surface area contributed by atoms with E-state index in [9.17, 15) is 0 Å². The fourth-order valence-electron chi connectivity index (χ4n) is 1.99. The zero-order chi connectivity index (χ0) is 12.7. The number of halogens is 1. The van der Waals surface area contributed by atoms with E-state index in [0.717, 1.165) is 22.3 Å². The quantitative estimate of drug-likeness (QED) is 0.645. The molecule has 0 fully saturated rings. The fourth-order valence-corrected chi connectivity index (χ4v) is 2.17. The molecule has 90 valence electrons. The van der Waals surface area contributed by atoms with Gasteiger partial charge >= 0.3 is 0 Å². The van der Waals surface area contributed by atoms with Crippen molar-refractivity contribution in [3.8, 4) is 11.3 Å². The fraction of sp³-hybridized carbons (Fsp3) is 0.0667. The Morgan fingerprint density at radius 2 is 1.89 bits per heavy atom. The molecule has 18 heavy (non-hydrogen) atoms. The summed E-state index contributed by atoms with van der Waals surface area (Å²) in [4.78, 5) is 0. The Morgan fingerprint density at radius 1 is 1.06 bits per heavy atom. The number of nitrogens with two attached hydrogens (primary N) is 1. The van der Waals surface area contributed by atoms with Gasteiger partial charge in [0.25, 0.3) is 0 Å². The van der Waals surface area contributed by atoms with Crippen LogP contribution in [0, 0.1) is 6.92 Å². The zero-order valence-corrected chi connectivity index (χ0v) is 10.7. The van der Waals surface area contributed by atoms with E-state index in [1.807, 2.05) is 30.3 Å². The van der Waals surface area contributed by atoms with E-state index in [4.69, 9.17) is 21.8 Å².